The van der Waals surface area contributed by atoms with Gasteiger partial charge in [0.05, 0.1) is 20.5 Å². The lowest BCUT2D eigenvalue weighted by molar-refractivity contribution is 0.411. The predicted molar refractivity (Wildman–Crippen MR) is 125 cm³/mol. The van der Waals surface area contributed by atoms with E-state index in [1.54, 1.807) is 30.3 Å². The van der Waals surface area contributed by atoms with Crippen molar-refractivity contribution in [2.45, 2.75) is 16.7 Å². The molecule has 0 heterocycles. The quantitative estimate of drug-likeness (QED) is 0.424. The van der Waals surface area contributed by atoms with E-state index in [4.69, 9.17) is 4.74 Å². The molecule has 0 fully saturated rings. The van der Waals surface area contributed by atoms with Gasteiger partial charge in [-0.1, -0.05) is 17.7 Å². The minimum Gasteiger partial charge on any atom is -0.496 e. The Kier molecular flexibility index (Phi) is 6.58. The molecule has 0 aliphatic heterocycles. The maximum absolute atomic E-state index is 12.6. The minimum absolute atomic E-state index is 0.0185. The third-order valence-corrected chi connectivity index (χ3v) is 7.77. The molecule has 0 unspecified atom stereocenters. The van der Waals surface area contributed by atoms with Gasteiger partial charge in [0.15, 0.2) is 0 Å². The van der Waals surface area contributed by atoms with E-state index >= 15 is 0 Å². The van der Waals surface area contributed by atoms with Crippen LogP contribution in [0.3, 0.4) is 0 Å². The predicted octanol–water partition coefficient (Wildman–Crippen LogP) is 4.21. The highest BCUT2D eigenvalue weighted by molar-refractivity contribution is 14.1. The van der Waals surface area contributed by atoms with Gasteiger partial charge < -0.3 is 4.74 Å². The molecule has 0 aromatic heterocycles. The summed E-state index contributed by atoms with van der Waals surface area (Å²) < 4.78 is 61.0. The van der Waals surface area contributed by atoms with E-state index in [2.05, 4.69) is 9.44 Å². The van der Waals surface area contributed by atoms with Crippen LogP contribution in [0.25, 0.3) is 0 Å². The number of aryl methyl sites for hydroxylation is 1. The van der Waals surface area contributed by atoms with Crippen molar-refractivity contribution in [1.82, 2.24) is 0 Å². The smallest absolute Gasteiger partial charge is 0.261 e. The molecule has 0 atom stereocenters. The Hall–Kier alpha value is -2.31. The van der Waals surface area contributed by atoms with Crippen LogP contribution in [0.1, 0.15) is 5.56 Å². The van der Waals surface area contributed by atoms with Crippen LogP contribution in [0.15, 0.2) is 76.5 Å². The summed E-state index contributed by atoms with van der Waals surface area (Å²) in [6, 6.07) is 16.9. The van der Waals surface area contributed by atoms with Gasteiger partial charge in [-0.25, -0.2) is 16.8 Å². The van der Waals surface area contributed by atoms with Crippen LogP contribution in [0, 0.1) is 10.5 Å². The van der Waals surface area contributed by atoms with Crippen LogP contribution in [-0.4, -0.2) is 23.9 Å². The SMILES string of the molecule is COc1ccc(S(=O)(=O)Nc2ccc(S(=O)(=O)Nc3ccc(C)cc3)cc2)cc1I. The lowest BCUT2D eigenvalue weighted by atomic mass is 10.2. The van der Waals surface area contributed by atoms with Crippen molar-refractivity contribution in [1.29, 1.82) is 0 Å². The highest BCUT2D eigenvalue weighted by Crippen LogP contribution is 2.26. The summed E-state index contributed by atoms with van der Waals surface area (Å²) in [7, 11) is -6.12. The van der Waals surface area contributed by atoms with Crippen molar-refractivity contribution in [3.05, 3.63) is 75.9 Å². The Morgan fingerprint density at radius 2 is 1.20 bits per heavy atom. The van der Waals surface area contributed by atoms with Gasteiger partial charge in [-0.15, -0.1) is 0 Å². The Morgan fingerprint density at radius 1 is 0.733 bits per heavy atom. The van der Waals surface area contributed by atoms with E-state index in [9.17, 15) is 16.8 Å². The van der Waals surface area contributed by atoms with Crippen molar-refractivity contribution >= 4 is 54.0 Å². The van der Waals surface area contributed by atoms with Crippen molar-refractivity contribution in [3.63, 3.8) is 0 Å². The number of sulfonamides is 2. The zero-order chi connectivity index (χ0) is 21.9. The van der Waals surface area contributed by atoms with E-state index in [0.29, 0.717) is 15.0 Å². The Morgan fingerprint density at radius 3 is 1.70 bits per heavy atom. The Bertz CT molecular complexity index is 1260. The molecule has 30 heavy (non-hydrogen) atoms. The van der Waals surface area contributed by atoms with Gasteiger partial charge >= 0.3 is 0 Å². The molecule has 7 nitrogen and oxygen atoms in total. The van der Waals surface area contributed by atoms with Crippen LogP contribution >= 0.6 is 22.6 Å². The van der Waals surface area contributed by atoms with Gasteiger partial charge in [0.1, 0.15) is 5.75 Å². The fraction of sp³-hybridized carbons (Fsp3) is 0.100. The summed E-state index contributed by atoms with van der Waals surface area (Å²) in [5.74, 6) is 0.574. The average Bonchev–Trinajstić information content (AvgIpc) is 2.69. The molecule has 0 amide bonds. The van der Waals surface area contributed by atoms with Crippen molar-refractivity contribution in [2.24, 2.45) is 0 Å². The normalized spacial score (nSPS) is 11.7. The highest BCUT2D eigenvalue weighted by Gasteiger charge is 2.18. The lowest BCUT2D eigenvalue weighted by Gasteiger charge is -2.11. The standard InChI is InChI=1S/C20H19IN2O5S2/c1-14-3-5-15(6-4-14)22-29(24,25)17-9-7-16(8-10-17)23-30(26,27)18-11-12-20(28-2)19(21)13-18/h3-13,22-23H,1-2H3. The lowest BCUT2D eigenvalue weighted by Crippen LogP contribution is -2.14. The molecule has 0 bridgehead atoms. The number of ether oxygens (including phenoxy) is 1. The molecule has 3 aromatic rings. The van der Waals surface area contributed by atoms with Crippen molar-refractivity contribution in [3.8, 4) is 5.75 Å². The van der Waals surface area contributed by atoms with E-state index in [1.165, 1.54) is 43.5 Å². The number of halogens is 1. The summed E-state index contributed by atoms with van der Waals surface area (Å²) in [5, 5.41) is 0. The maximum atomic E-state index is 12.6. The summed E-state index contributed by atoms with van der Waals surface area (Å²) in [4.78, 5) is 0.0930. The first-order valence-corrected chi connectivity index (χ1v) is 12.7. The number of hydrogen-bond acceptors (Lipinski definition) is 5. The fourth-order valence-corrected chi connectivity index (χ4v) is 5.66. The van der Waals surface area contributed by atoms with E-state index in [-0.39, 0.29) is 15.5 Å². The molecule has 0 radical (unpaired) electrons. The van der Waals surface area contributed by atoms with Crippen LogP contribution in [0.5, 0.6) is 5.75 Å². The first kappa shape index (κ1) is 22.4. The van der Waals surface area contributed by atoms with Gasteiger partial charge in [-0.05, 0) is 84.1 Å². The van der Waals surface area contributed by atoms with E-state index < -0.39 is 20.0 Å². The van der Waals surface area contributed by atoms with Crippen LogP contribution in [-0.2, 0) is 20.0 Å². The van der Waals surface area contributed by atoms with E-state index in [1.807, 2.05) is 29.5 Å². The molecule has 10 heteroatoms. The Balaban J connectivity index is 1.78. The first-order chi connectivity index (χ1) is 14.1. The molecule has 2 N–H and O–H groups in total. The number of methoxy groups -OCH3 is 1. The van der Waals surface area contributed by atoms with Gasteiger partial charge in [0, 0.05) is 11.4 Å². The zero-order valence-corrected chi connectivity index (χ0v) is 19.9. The largest absolute Gasteiger partial charge is 0.496 e. The minimum atomic E-state index is -3.84. The third kappa shape index (κ3) is 5.24. The second-order valence-corrected chi connectivity index (χ2v) is 10.9. The summed E-state index contributed by atoms with van der Waals surface area (Å²) >= 11 is 1.99. The molecule has 0 spiro atoms. The topological polar surface area (TPSA) is 102 Å². The maximum Gasteiger partial charge on any atom is 0.261 e. The molecule has 0 saturated carbocycles. The first-order valence-electron chi connectivity index (χ1n) is 8.67. The number of nitrogens with one attached hydrogen (secondary N) is 2. The van der Waals surface area contributed by atoms with Gasteiger partial charge in [0.2, 0.25) is 0 Å². The molecule has 158 valence electrons. The monoisotopic (exact) mass is 558 g/mol. The number of rotatable bonds is 7. The van der Waals surface area contributed by atoms with Crippen LogP contribution in [0.2, 0.25) is 0 Å². The summed E-state index contributed by atoms with van der Waals surface area (Å²) in [6.45, 7) is 1.91. The molecule has 0 aliphatic rings. The summed E-state index contributed by atoms with van der Waals surface area (Å²) in [5.41, 5.74) is 1.70. The molecular formula is C20H19IN2O5S2. The van der Waals surface area contributed by atoms with Crippen molar-refractivity contribution < 1.29 is 21.6 Å². The van der Waals surface area contributed by atoms with Crippen molar-refractivity contribution in [2.75, 3.05) is 16.6 Å². The van der Waals surface area contributed by atoms with Gasteiger partial charge in [-0.3, -0.25) is 9.44 Å². The molecule has 0 saturated heterocycles. The van der Waals surface area contributed by atoms with Crippen LogP contribution in [0.4, 0.5) is 11.4 Å². The second kappa shape index (κ2) is 8.82. The molecule has 3 aromatic carbocycles. The fourth-order valence-electron chi connectivity index (χ4n) is 2.57. The number of hydrogen-bond donors (Lipinski definition) is 2. The van der Waals surface area contributed by atoms with E-state index in [0.717, 1.165) is 5.56 Å². The number of benzene rings is 3. The van der Waals surface area contributed by atoms with Gasteiger partial charge in [-0.2, -0.15) is 0 Å². The summed E-state index contributed by atoms with van der Waals surface area (Å²) in [6.07, 6.45) is 0. The highest BCUT2D eigenvalue weighted by atomic mass is 127. The molecule has 0 aliphatic carbocycles. The zero-order valence-electron chi connectivity index (χ0n) is 16.1. The van der Waals surface area contributed by atoms with Crippen LogP contribution < -0.4 is 14.2 Å². The number of anilines is 2. The third-order valence-electron chi connectivity index (χ3n) is 4.15. The van der Waals surface area contributed by atoms with Gasteiger partial charge in [0.25, 0.3) is 20.0 Å². The molecule has 3 rings (SSSR count). The molecular weight excluding hydrogens is 539 g/mol. The average molecular weight is 558 g/mol. The Labute approximate surface area is 189 Å². The second-order valence-electron chi connectivity index (χ2n) is 6.40.